The highest BCUT2D eigenvalue weighted by Crippen LogP contribution is 2.12. The number of thiophene rings is 1. The van der Waals surface area contributed by atoms with Crippen molar-refractivity contribution in [1.29, 1.82) is 0 Å². The monoisotopic (exact) mass is 489 g/mol. The van der Waals surface area contributed by atoms with Crippen molar-refractivity contribution in [3.8, 4) is 5.75 Å². The minimum absolute atomic E-state index is 0. The summed E-state index contributed by atoms with van der Waals surface area (Å²) in [4.78, 5) is 5.97. The van der Waals surface area contributed by atoms with Gasteiger partial charge < -0.3 is 20.1 Å². The van der Waals surface area contributed by atoms with Crippen molar-refractivity contribution in [2.75, 3.05) is 26.9 Å². The van der Waals surface area contributed by atoms with Crippen LogP contribution in [0.5, 0.6) is 5.75 Å². The molecule has 0 spiro atoms. The summed E-state index contributed by atoms with van der Waals surface area (Å²) in [5, 5.41) is 8.85. The Labute approximate surface area is 177 Å². The Balaban J connectivity index is 0.00000338. The van der Waals surface area contributed by atoms with Crippen LogP contribution in [-0.4, -0.2) is 32.8 Å². The first kappa shape index (κ1) is 22.7. The molecule has 0 radical (unpaired) electrons. The molecule has 0 aliphatic rings. The lowest BCUT2D eigenvalue weighted by Gasteiger charge is -2.12. The van der Waals surface area contributed by atoms with E-state index in [0.29, 0.717) is 6.54 Å². The molecule has 0 amide bonds. The zero-order valence-electron chi connectivity index (χ0n) is 15.4. The third kappa shape index (κ3) is 8.86. The van der Waals surface area contributed by atoms with Gasteiger partial charge in [-0.3, -0.25) is 0 Å². The van der Waals surface area contributed by atoms with E-state index in [1.807, 2.05) is 31.2 Å². The lowest BCUT2D eigenvalue weighted by Crippen LogP contribution is -2.37. The highest BCUT2D eigenvalue weighted by molar-refractivity contribution is 14.0. The number of rotatable bonds is 10. The first-order valence-corrected chi connectivity index (χ1v) is 9.45. The average Bonchev–Trinajstić information content (AvgIpc) is 3.17. The molecule has 0 fully saturated rings. The van der Waals surface area contributed by atoms with Crippen molar-refractivity contribution in [3.05, 3.63) is 52.2 Å². The molecule has 7 heteroatoms. The summed E-state index contributed by atoms with van der Waals surface area (Å²) < 4.78 is 10.6. The van der Waals surface area contributed by atoms with Gasteiger partial charge in [-0.05, 0) is 42.5 Å². The fourth-order valence-electron chi connectivity index (χ4n) is 2.18. The fourth-order valence-corrected chi connectivity index (χ4v) is 2.83. The maximum atomic E-state index is 5.37. The third-order valence-corrected chi connectivity index (χ3v) is 4.43. The molecular weight excluding hydrogens is 461 g/mol. The molecule has 0 unspecified atom stereocenters. The normalized spacial score (nSPS) is 10.9. The van der Waals surface area contributed by atoms with Crippen LogP contribution in [0.3, 0.4) is 0 Å². The zero-order valence-corrected chi connectivity index (χ0v) is 18.5. The molecule has 2 aromatic rings. The number of ether oxygens (including phenoxy) is 2. The zero-order chi connectivity index (χ0) is 17.7. The first-order chi connectivity index (χ1) is 12.3. The van der Waals surface area contributed by atoms with Gasteiger partial charge in [0.25, 0.3) is 0 Å². The molecule has 0 saturated heterocycles. The van der Waals surface area contributed by atoms with Crippen LogP contribution in [0.2, 0.25) is 0 Å². The number of aliphatic imine (C=N–C) groups is 1. The van der Waals surface area contributed by atoms with Crippen molar-refractivity contribution >= 4 is 41.3 Å². The van der Waals surface area contributed by atoms with Crippen LogP contribution in [0.1, 0.15) is 23.8 Å². The Hall–Kier alpha value is -1.32. The van der Waals surface area contributed by atoms with Crippen molar-refractivity contribution in [1.82, 2.24) is 10.6 Å². The summed E-state index contributed by atoms with van der Waals surface area (Å²) in [6.07, 6.45) is 0.954. The lowest BCUT2D eigenvalue weighted by atomic mass is 10.2. The maximum absolute atomic E-state index is 5.37. The smallest absolute Gasteiger partial charge is 0.191 e. The second-order valence-corrected chi connectivity index (χ2v) is 6.46. The second-order valence-electron chi connectivity index (χ2n) is 5.42. The molecule has 5 nitrogen and oxygen atoms in total. The third-order valence-electron chi connectivity index (χ3n) is 3.55. The standard InChI is InChI=1S/C19H27N3O2S.HI/c1-3-24-12-5-11-20-19(22-15-18-6-4-13-25-18)21-14-16-7-9-17(23-2)10-8-16;/h4,6-10,13H,3,5,11-12,14-15H2,1-2H3,(H2,20,21,22);1H. The highest BCUT2D eigenvalue weighted by Gasteiger charge is 2.01. The molecule has 1 heterocycles. The van der Waals surface area contributed by atoms with E-state index in [4.69, 9.17) is 9.47 Å². The van der Waals surface area contributed by atoms with Gasteiger partial charge in [0.1, 0.15) is 5.75 Å². The number of nitrogens with zero attached hydrogens (tertiary/aromatic N) is 1. The van der Waals surface area contributed by atoms with Crippen molar-refractivity contribution in [2.45, 2.75) is 26.4 Å². The van der Waals surface area contributed by atoms with E-state index in [-0.39, 0.29) is 24.0 Å². The number of nitrogens with one attached hydrogen (secondary N) is 2. The van der Waals surface area contributed by atoms with E-state index in [1.54, 1.807) is 18.4 Å². The van der Waals surface area contributed by atoms with Gasteiger partial charge in [-0.2, -0.15) is 0 Å². The average molecular weight is 489 g/mol. The molecule has 0 aliphatic carbocycles. The largest absolute Gasteiger partial charge is 0.497 e. The molecular formula is C19H28IN3O2S. The summed E-state index contributed by atoms with van der Waals surface area (Å²) in [5.41, 5.74) is 1.15. The van der Waals surface area contributed by atoms with E-state index in [1.165, 1.54) is 4.88 Å². The van der Waals surface area contributed by atoms with Crippen LogP contribution in [0.25, 0.3) is 0 Å². The number of halogens is 1. The molecule has 2 N–H and O–H groups in total. The summed E-state index contributed by atoms with van der Waals surface area (Å²) in [6.45, 7) is 5.76. The van der Waals surface area contributed by atoms with Gasteiger partial charge in [-0.25, -0.2) is 4.99 Å². The molecule has 144 valence electrons. The Morgan fingerprint density at radius 1 is 1.15 bits per heavy atom. The molecule has 0 saturated carbocycles. The summed E-state index contributed by atoms with van der Waals surface area (Å²) in [7, 11) is 1.67. The van der Waals surface area contributed by atoms with E-state index >= 15 is 0 Å². The Morgan fingerprint density at radius 2 is 1.96 bits per heavy atom. The Morgan fingerprint density at radius 3 is 2.62 bits per heavy atom. The fraction of sp³-hybridized carbons (Fsp3) is 0.421. The van der Waals surface area contributed by atoms with Gasteiger partial charge in [0.15, 0.2) is 5.96 Å². The Kier molecular flexibility index (Phi) is 12.1. The minimum atomic E-state index is 0. The lowest BCUT2D eigenvalue weighted by molar-refractivity contribution is 0.145. The molecule has 0 aliphatic heterocycles. The highest BCUT2D eigenvalue weighted by atomic mass is 127. The van der Waals surface area contributed by atoms with Crippen molar-refractivity contribution in [2.24, 2.45) is 4.99 Å². The number of guanidine groups is 1. The maximum Gasteiger partial charge on any atom is 0.191 e. The summed E-state index contributed by atoms with van der Waals surface area (Å²) in [5.74, 6) is 1.68. The van der Waals surface area contributed by atoms with E-state index in [9.17, 15) is 0 Å². The Bertz CT molecular complexity index is 618. The molecule has 1 aromatic carbocycles. The van der Waals surface area contributed by atoms with Crippen molar-refractivity contribution < 1.29 is 9.47 Å². The number of hydrogen-bond acceptors (Lipinski definition) is 4. The van der Waals surface area contributed by atoms with Gasteiger partial charge >= 0.3 is 0 Å². The molecule has 2 rings (SSSR count). The van der Waals surface area contributed by atoms with Crippen LogP contribution < -0.4 is 15.4 Å². The van der Waals surface area contributed by atoms with Crippen molar-refractivity contribution in [3.63, 3.8) is 0 Å². The van der Waals surface area contributed by atoms with Gasteiger partial charge in [0.2, 0.25) is 0 Å². The van der Waals surface area contributed by atoms with Crippen LogP contribution in [0.15, 0.2) is 46.8 Å². The van der Waals surface area contributed by atoms with Crippen LogP contribution >= 0.6 is 35.3 Å². The molecule has 0 bridgehead atoms. The van der Waals surface area contributed by atoms with Crippen LogP contribution in [-0.2, 0) is 17.8 Å². The SMILES string of the molecule is CCOCCCNC(=NCc1ccc(OC)cc1)NCc1cccs1.I. The van der Waals surface area contributed by atoms with Crippen LogP contribution in [0, 0.1) is 0 Å². The van der Waals surface area contributed by atoms with Gasteiger partial charge in [0, 0.05) is 24.6 Å². The predicted octanol–water partition coefficient (Wildman–Crippen LogP) is 4.04. The second kappa shape index (κ2) is 13.8. The quantitative estimate of drug-likeness (QED) is 0.229. The van der Waals surface area contributed by atoms with Gasteiger partial charge in [-0.1, -0.05) is 18.2 Å². The first-order valence-electron chi connectivity index (χ1n) is 8.57. The molecule has 0 atom stereocenters. The predicted molar refractivity (Wildman–Crippen MR) is 120 cm³/mol. The van der Waals surface area contributed by atoms with Crippen LogP contribution in [0.4, 0.5) is 0 Å². The van der Waals surface area contributed by atoms with E-state index in [0.717, 1.165) is 50.0 Å². The van der Waals surface area contributed by atoms with E-state index < -0.39 is 0 Å². The van der Waals surface area contributed by atoms with E-state index in [2.05, 4.69) is 33.1 Å². The number of hydrogen-bond donors (Lipinski definition) is 2. The summed E-state index contributed by atoms with van der Waals surface area (Å²) in [6, 6.07) is 12.2. The molecule has 1 aromatic heterocycles. The molecule has 26 heavy (non-hydrogen) atoms. The van der Waals surface area contributed by atoms with Gasteiger partial charge in [0.05, 0.1) is 20.2 Å². The minimum Gasteiger partial charge on any atom is -0.497 e. The summed E-state index contributed by atoms with van der Waals surface area (Å²) >= 11 is 1.74. The number of benzene rings is 1. The number of methoxy groups -OCH3 is 1. The topological polar surface area (TPSA) is 54.9 Å². The van der Waals surface area contributed by atoms with Gasteiger partial charge in [-0.15, -0.1) is 35.3 Å².